The van der Waals surface area contributed by atoms with Crippen LogP contribution in [-0.4, -0.2) is 61.2 Å². The number of carbonyl (C=O) groups is 1. The number of alkyl halides is 3. The van der Waals surface area contributed by atoms with Gasteiger partial charge in [-0.15, -0.1) is 0 Å². The van der Waals surface area contributed by atoms with Crippen molar-refractivity contribution in [2.24, 2.45) is 11.8 Å². The molecule has 1 aliphatic rings. The van der Waals surface area contributed by atoms with Crippen molar-refractivity contribution in [3.63, 3.8) is 0 Å². The molecule has 0 saturated carbocycles. The summed E-state index contributed by atoms with van der Waals surface area (Å²) in [5.74, 6) is -0.594. The van der Waals surface area contributed by atoms with E-state index in [1.54, 1.807) is 0 Å². The Labute approximate surface area is 139 Å². The second-order valence-corrected chi connectivity index (χ2v) is 6.67. The van der Waals surface area contributed by atoms with Crippen LogP contribution in [0.2, 0.25) is 0 Å². The monoisotopic (exact) mass is 344 g/mol. The van der Waals surface area contributed by atoms with E-state index in [1.807, 2.05) is 19.0 Å². The van der Waals surface area contributed by atoms with Gasteiger partial charge in [0, 0.05) is 26.2 Å². The molecule has 0 aliphatic carbocycles. The van der Waals surface area contributed by atoms with E-state index in [1.165, 1.54) is 23.1 Å². The molecular formula is C17H23F3N2O2. The van der Waals surface area contributed by atoms with Gasteiger partial charge in [-0.25, -0.2) is 0 Å². The van der Waals surface area contributed by atoms with Gasteiger partial charge in [-0.2, -0.15) is 13.2 Å². The van der Waals surface area contributed by atoms with Crippen molar-refractivity contribution in [1.82, 2.24) is 9.80 Å². The van der Waals surface area contributed by atoms with Crippen molar-refractivity contribution >= 4 is 5.91 Å². The third-order valence-electron chi connectivity index (χ3n) is 4.26. The number of carbonyl (C=O) groups excluding carboxylic acids is 1. The minimum Gasteiger partial charge on any atom is -0.396 e. The predicted octanol–water partition coefficient (Wildman–Crippen LogP) is 2.34. The number of amides is 1. The van der Waals surface area contributed by atoms with Gasteiger partial charge in [-0.3, -0.25) is 4.79 Å². The van der Waals surface area contributed by atoms with Crippen molar-refractivity contribution < 1.29 is 23.1 Å². The Bertz CT molecular complexity index is 575. The van der Waals surface area contributed by atoms with Gasteiger partial charge in [0.05, 0.1) is 11.1 Å². The highest BCUT2D eigenvalue weighted by Gasteiger charge is 2.37. The van der Waals surface area contributed by atoms with Crippen LogP contribution >= 0.6 is 0 Å². The van der Waals surface area contributed by atoms with E-state index in [0.29, 0.717) is 6.54 Å². The first-order valence-electron chi connectivity index (χ1n) is 7.93. The summed E-state index contributed by atoms with van der Waals surface area (Å²) in [5.41, 5.74) is -1.24. The highest BCUT2D eigenvalue weighted by atomic mass is 19.4. The summed E-state index contributed by atoms with van der Waals surface area (Å²) < 4.78 is 39.5. The average molecular weight is 344 g/mol. The standard InChI is InChI=1S/C17H23F3N2O2/c1-21(2)8-12-7-13(11-23)10-22(9-12)16(24)14-5-3-4-6-15(14)17(18,19)20/h3-6,12-13,23H,7-11H2,1-2H3/t12-,13+/m1/s1. The van der Waals surface area contributed by atoms with Crippen molar-refractivity contribution in [1.29, 1.82) is 0 Å². The van der Waals surface area contributed by atoms with E-state index in [9.17, 15) is 23.1 Å². The van der Waals surface area contributed by atoms with E-state index < -0.39 is 17.6 Å². The lowest BCUT2D eigenvalue weighted by molar-refractivity contribution is -0.138. The first-order valence-corrected chi connectivity index (χ1v) is 7.93. The van der Waals surface area contributed by atoms with Crippen LogP contribution < -0.4 is 0 Å². The fourth-order valence-electron chi connectivity index (χ4n) is 3.35. The zero-order valence-electron chi connectivity index (χ0n) is 13.9. The van der Waals surface area contributed by atoms with Crippen LogP contribution in [0.3, 0.4) is 0 Å². The molecule has 0 radical (unpaired) electrons. The lowest BCUT2D eigenvalue weighted by Gasteiger charge is -2.38. The van der Waals surface area contributed by atoms with Crippen LogP contribution in [-0.2, 0) is 6.18 Å². The number of aliphatic hydroxyl groups excluding tert-OH is 1. The first-order chi connectivity index (χ1) is 11.2. The number of benzene rings is 1. The average Bonchev–Trinajstić information content (AvgIpc) is 2.52. The second-order valence-electron chi connectivity index (χ2n) is 6.67. The van der Waals surface area contributed by atoms with Crippen LogP contribution in [0.1, 0.15) is 22.3 Å². The Hall–Kier alpha value is -1.60. The fraction of sp³-hybridized carbons (Fsp3) is 0.588. The number of nitrogens with zero attached hydrogens (tertiary/aromatic N) is 2. The van der Waals surface area contributed by atoms with E-state index in [2.05, 4.69) is 0 Å². The molecule has 7 heteroatoms. The zero-order chi connectivity index (χ0) is 17.9. The molecule has 0 bridgehead atoms. The SMILES string of the molecule is CN(C)C[C@H]1C[C@H](CO)CN(C(=O)c2ccccc2C(F)(F)F)C1. The summed E-state index contributed by atoms with van der Waals surface area (Å²) >= 11 is 0. The number of hydrogen-bond donors (Lipinski definition) is 1. The Morgan fingerprint density at radius 1 is 1.25 bits per heavy atom. The summed E-state index contributed by atoms with van der Waals surface area (Å²) in [6.07, 6.45) is -3.80. The summed E-state index contributed by atoms with van der Waals surface area (Å²) in [4.78, 5) is 16.1. The maximum absolute atomic E-state index is 13.2. The van der Waals surface area contributed by atoms with Gasteiger partial charge in [0.2, 0.25) is 0 Å². The summed E-state index contributed by atoms with van der Waals surface area (Å²) in [5, 5.41) is 9.47. The number of hydrogen-bond acceptors (Lipinski definition) is 3. The zero-order valence-corrected chi connectivity index (χ0v) is 13.9. The summed E-state index contributed by atoms with van der Waals surface area (Å²) in [6, 6.07) is 4.86. The van der Waals surface area contributed by atoms with Gasteiger partial charge in [0.15, 0.2) is 0 Å². The van der Waals surface area contributed by atoms with Crippen LogP contribution in [0.15, 0.2) is 24.3 Å². The van der Waals surface area contributed by atoms with Crippen molar-refractivity contribution in [3.8, 4) is 0 Å². The van der Waals surface area contributed by atoms with E-state index in [4.69, 9.17) is 0 Å². The second kappa shape index (κ2) is 7.53. The third kappa shape index (κ3) is 4.48. The highest BCUT2D eigenvalue weighted by Crippen LogP contribution is 2.33. The molecule has 2 atom stereocenters. The molecule has 1 aromatic rings. The molecule has 0 spiro atoms. The molecule has 1 aliphatic heterocycles. The fourth-order valence-corrected chi connectivity index (χ4v) is 3.35. The van der Waals surface area contributed by atoms with Gasteiger partial charge >= 0.3 is 6.18 Å². The Morgan fingerprint density at radius 2 is 1.88 bits per heavy atom. The summed E-state index contributed by atoms with van der Waals surface area (Å²) in [7, 11) is 3.82. The van der Waals surface area contributed by atoms with E-state index in [0.717, 1.165) is 19.0 Å². The molecule has 2 rings (SSSR count). The molecule has 0 unspecified atom stereocenters. The van der Waals surface area contributed by atoms with Gasteiger partial charge in [0.1, 0.15) is 0 Å². The molecule has 1 N–H and O–H groups in total. The number of rotatable bonds is 4. The number of halogens is 3. The van der Waals surface area contributed by atoms with Crippen molar-refractivity contribution in [3.05, 3.63) is 35.4 Å². The third-order valence-corrected chi connectivity index (χ3v) is 4.26. The maximum Gasteiger partial charge on any atom is 0.417 e. The lowest BCUT2D eigenvalue weighted by Crippen LogP contribution is -2.47. The maximum atomic E-state index is 13.2. The molecule has 1 fully saturated rings. The minimum atomic E-state index is -4.57. The molecule has 1 aromatic carbocycles. The molecule has 1 saturated heterocycles. The lowest BCUT2D eigenvalue weighted by atomic mass is 9.88. The Morgan fingerprint density at radius 3 is 2.46 bits per heavy atom. The van der Waals surface area contributed by atoms with Crippen LogP contribution in [0.25, 0.3) is 0 Å². The number of aliphatic hydroxyl groups is 1. The normalized spacial score (nSPS) is 22.0. The quantitative estimate of drug-likeness (QED) is 0.912. The smallest absolute Gasteiger partial charge is 0.396 e. The first kappa shape index (κ1) is 18.7. The molecule has 4 nitrogen and oxygen atoms in total. The predicted molar refractivity (Wildman–Crippen MR) is 84.6 cm³/mol. The van der Waals surface area contributed by atoms with E-state index >= 15 is 0 Å². The van der Waals surface area contributed by atoms with Crippen LogP contribution in [0.5, 0.6) is 0 Å². The molecular weight excluding hydrogens is 321 g/mol. The summed E-state index contributed by atoms with van der Waals surface area (Å²) in [6.45, 7) is 1.33. The largest absolute Gasteiger partial charge is 0.417 e. The van der Waals surface area contributed by atoms with Gasteiger partial charge in [-0.1, -0.05) is 12.1 Å². The topological polar surface area (TPSA) is 43.8 Å². The molecule has 0 aromatic heterocycles. The van der Waals surface area contributed by atoms with Gasteiger partial charge < -0.3 is 14.9 Å². The van der Waals surface area contributed by atoms with Crippen molar-refractivity contribution in [2.45, 2.75) is 12.6 Å². The highest BCUT2D eigenvalue weighted by molar-refractivity contribution is 5.96. The molecule has 1 heterocycles. The number of piperidine rings is 1. The molecule has 134 valence electrons. The van der Waals surface area contributed by atoms with Crippen LogP contribution in [0, 0.1) is 11.8 Å². The number of likely N-dealkylation sites (tertiary alicyclic amines) is 1. The minimum absolute atomic E-state index is 0.0748. The molecule has 24 heavy (non-hydrogen) atoms. The van der Waals surface area contributed by atoms with Crippen molar-refractivity contribution in [2.75, 3.05) is 40.3 Å². The molecule has 1 amide bonds. The Kier molecular flexibility index (Phi) is 5.87. The van der Waals surface area contributed by atoms with Gasteiger partial charge in [-0.05, 0) is 44.5 Å². The van der Waals surface area contributed by atoms with Crippen LogP contribution in [0.4, 0.5) is 13.2 Å². The Balaban J connectivity index is 2.25. The van der Waals surface area contributed by atoms with Gasteiger partial charge in [0.25, 0.3) is 5.91 Å². The van der Waals surface area contributed by atoms with E-state index in [-0.39, 0.29) is 30.6 Å².